The Morgan fingerprint density at radius 3 is 2.31 bits per heavy atom. The van der Waals surface area contributed by atoms with Gasteiger partial charge in [-0.25, -0.2) is 0 Å². The maximum absolute atomic E-state index is 13.1. The predicted octanol–water partition coefficient (Wildman–Crippen LogP) is 5.82. The van der Waals surface area contributed by atoms with Gasteiger partial charge in [0.05, 0.1) is 13.2 Å². The lowest BCUT2D eigenvalue weighted by atomic mass is 9.93. The molecule has 1 amide bonds. The van der Waals surface area contributed by atoms with Crippen LogP contribution in [0, 0.1) is 6.92 Å². The van der Waals surface area contributed by atoms with Crippen LogP contribution in [-0.4, -0.2) is 18.1 Å². The molecule has 1 aliphatic rings. The number of benzene rings is 3. The molecule has 4 rings (SSSR count). The number of ether oxygens (including phenoxy) is 1. The third-order valence-corrected chi connectivity index (χ3v) is 5.58. The van der Waals surface area contributed by atoms with Crippen molar-refractivity contribution in [3.8, 4) is 5.75 Å². The number of hydrogen-bond acceptors (Lipinski definition) is 3. The molecular weight excluding hydrogens is 430 g/mol. The summed E-state index contributed by atoms with van der Waals surface area (Å²) in [7, 11) is 1.61. The van der Waals surface area contributed by atoms with Gasteiger partial charge in [0.1, 0.15) is 5.75 Å². The first kappa shape index (κ1) is 19.3. The molecule has 0 saturated carbocycles. The normalized spacial score (nSPS) is 16.4. The number of aryl methyl sites for hydroxylation is 1. The number of carbonyl (C=O) groups excluding carboxylic acids is 1. The van der Waals surface area contributed by atoms with Crippen molar-refractivity contribution < 1.29 is 14.6 Å². The molecule has 1 aliphatic heterocycles. The molecular formula is C24H20BrNO3. The van der Waals surface area contributed by atoms with Crippen molar-refractivity contribution in [3.63, 3.8) is 0 Å². The molecule has 0 fully saturated rings. The third-order valence-electron chi connectivity index (χ3n) is 5.09. The highest BCUT2D eigenvalue weighted by atomic mass is 79.9. The zero-order chi connectivity index (χ0) is 20.5. The molecule has 0 bridgehead atoms. The molecule has 3 aromatic carbocycles. The van der Waals surface area contributed by atoms with Gasteiger partial charge in [0.2, 0.25) is 0 Å². The summed E-state index contributed by atoms with van der Waals surface area (Å²) in [6.07, 6.45) is 0. The predicted molar refractivity (Wildman–Crippen MR) is 118 cm³/mol. The molecule has 1 N–H and O–H groups in total. The SMILES string of the molecule is COc1ccc(C2=C(O)C(=O)N(c3ccc(C)cc3)[C@@H]2c2cccc(Br)c2)cc1. The Bertz CT molecular complexity index is 1090. The average Bonchev–Trinajstić information content (AvgIpc) is 3.00. The van der Waals surface area contributed by atoms with Crippen LogP contribution in [0.4, 0.5) is 5.69 Å². The van der Waals surface area contributed by atoms with Crippen molar-refractivity contribution in [1.29, 1.82) is 0 Å². The number of aliphatic hydroxyl groups is 1. The van der Waals surface area contributed by atoms with Gasteiger partial charge in [-0.05, 0) is 54.4 Å². The summed E-state index contributed by atoms with van der Waals surface area (Å²) in [4.78, 5) is 14.8. The van der Waals surface area contributed by atoms with Crippen molar-refractivity contribution in [1.82, 2.24) is 0 Å². The van der Waals surface area contributed by atoms with E-state index in [1.807, 2.05) is 79.7 Å². The van der Waals surface area contributed by atoms with E-state index in [1.54, 1.807) is 12.0 Å². The largest absolute Gasteiger partial charge is 0.503 e. The molecule has 1 heterocycles. The van der Waals surface area contributed by atoms with Gasteiger partial charge in [0.25, 0.3) is 5.91 Å². The van der Waals surface area contributed by atoms with Crippen LogP contribution in [-0.2, 0) is 4.79 Å². The molecule has 4 nitrogen and oxygen atoms in total. The van der Waals surface area contributed by atoms with Crippen molar-refractivity contribution in [2.75, 3.05) is 12.0 Å². The second-order valence-corrected chi connectivity index (χ2v) is 7.87. The standard InChI is InChI=1S/C24H20BrNO3/c1-15-6-10-19(11-7-15)26-22(17-4-3-5-18(25)14-17)21(23(27)24(26)28)16-8-12-20(29-2)13-9-16/h3-14,22,27H,1-2H3/t22-/m1/s1. The van der Waals surface area contributed by atoms with Gasteiger partial charge in [0.15, 0.2) is 5.76 Å². The second-order valence-electron chi connectivity index (χ2n) is 6.96. The zero-order valence-electron chi connectivity index (χ0n) is 16.1. The van der Waals surface area contributed by atoms with E-state index in [-0.39, 0.29) is 5.76 Å². The van der Waals surface area contributed by atoms with E-state index in [4.69, 9.17) is 4.74 Å². The number of halogens is 1. The summed E-state index contributed by atoms with van der Waals surface area (Å²) >= 11 is 3.52. The van der Waals surface area contributed by atoms with Crippen LogP contribution < -0.4 is 9.64 Å². The Balaban J connectivity index is 1.89. The van der Waals surface area contributed by atoms with Gasteiger partial charge in [-0.2, -0.15) is 0 Å². The number of anilines is 1. The van der Waals surface area contributed by atoms with Crippen LogP contribution in [0.2, 0.25) is 0 Å². The maximum atomic E-state index is 13.1. The van der Waals surface area contributed by atoms with Crippen LogP contribution in [0.1, 0.15) is 22.7 Å². The minimum absolute atomic E-state index is 0.235. The van der Waals surface area contributed by atoms with E-state index in [9.17, 15) is 9.90 Å². The van der Waals surface area contributed by atoms with Crippen molar-refractivity contribution in [2.45, 2.75) is 13.0 Å². The summed E-state index contributed by atoms with van der Waals surface area (Å²) in [6.45, 7) is 2.00. The molecule has 0 radical (unpaired) electrons. The number of nitrogens with zero attached hydrogens (tertiary/aromatic N) is 1. The van der Waals surface area contributed by atoms with Crippen LogP contribution in [0.25, 0.3) is 5.57 Å². The molecule has 1 atom stereocenters. The summed E-state index contributed by atoms with van der Waals surface area (Å²) in [5.74, 6) is 0.0675. The highest BCUT2D eigenvalue weighted by molar-refractivity contribution is 9.10. The van der Waals surface area contributed by atoms with E-state index in [0.29, 0.717) is 11.3 Å². The Morgan fingerprint density at radius 1 is 1.00 bits per heavy atom. The third kappa shape index (κ3) is 3.54. The molecule has 5 heteroatoms. The molecule has 0 aliphatic carbocycles. The van der Waals surface area contributed by atoms with Gasteiger partial charge < -0.3 is 9.84 Å². The van der Waals surface area contributed by atoms with Crippen molar-refractivity contribution in [3.05, 3.63) is 99.7 Å². The van der Waals surface area contributed by atoms with Gasteiger partial charge in [-0.3, -0.25) is 9.69 Å². The summed E-state index contributed by atoms with van der Waals surface area (Å²) in [5, 5.41) is 10.9. The number of carbonyl (C=O) groups is 1. The van der Waals surface area contributed by atoms with E-state index >= 15 is 0 Å². The first-order valence-corrected chi connectivity index (χ1v) is 10.0. The molecule has 0 spiro atoms. The molecule has 0 unspecified atom stereocenters. The first-order chi connectivity index (χ1) is 14.0. The number of hydrogen-bond donors (Lipinski definition) is 1. The monoisotopic (exact) mass is 449 g/mol. The van der Waals surface area contributed by atoms with Gasteiger partial charge in [0, 0.05) is 15.7 Å². The molecule has 146 valence electrons. The average molecular weight is 450 g/mol. The van der Waals surface area contributed by atoms with Crippen LogP contribution in [0.5, 0.6) is 5.75 Å². The smallest absolute Gasteiger partial charge is 0.294 e. The number of amides is 1. The fourth-order valence-electron chi connectivity index (χ4n) is 3.63. The molecule has 3 aromatic rings. The quantitative estimate of drug-likeness (QED) is 0.545. The van der Waals surface area contributed by atoms with Gasteiger partial charge in [-0.15, -0.1) is 0 Å². The van der Waals surface area contributed by atoms with Crippen molar-refractivity contribution in [2.24, 2.45) is 0 Å². The lowest BCUT2D eigenvalue weighted by Crippen LogP contribution is -2.30. The van der Waals surface area contributed by atoms with Crippen molar-refractivity contribution >= 4 is 33.1 Å². The van der Waals surface area contributed by atoms with Crippen LogP contribution >= 0.6 is 15.9 Å². The topological polar surface area (TPSA) is 49.8 Å². The Morgan fingerprint density at radius 2 is 1.69 bits per heavy atom. The fourth-order valence-corrected chi connectivity index (χ4v) is 4.05. The minimum atomic E-state index is -0.448. The van der Waals surface area contributed by atoms with E-state index in [1.165, 1.54) is 0 Å². The molecule has 0 saturated heterocycles. The van der Waals surface area contributed by atoms with Crippen LogP contribution in [0.15, 0.2) is 83.0 Å². The number of methoxy groups -OCH3 is 1. The van der Waals surface area contributed by atoms with E-state index in [2.05, 4.69) is 15.9 Å². The molecule has 29 heavy (non-hydrogen) atoms. The first-order valence-electron chi connectivity index (χ1n) is 9.23. The van der Waals surface area contributed by atoms with E-state index in [0.717, 1.165) is 26.9 Å². The lowest BCUT2D eigenvalue weighted by Gasteiger charge is -2.27. The maximum Gasteiger partial charge on any atom is 0.294 e. The Labute approximate surface area is 178 Å². The van der Waals surface area contributed by atoms with Gasteiger partial charge in [-0.1, -0.05) is 57.9 Å². The Hall–Kier alpha value is -3.05. The lowest BCUT2D eigenvalue weighted by molar-refractivity contribution is -0.117. The zero-order valence-corrected chi connectivity index (χ0v) is 17.7. The minimum Gasteiger partial charge on any atom is -0.503 e. The van der Waals surface area contributed by atoms with Crippen LogP contribution in [0.3, 0.4) is 0 Å². The highest BCUT2D eigenvalue weighted by Crippen LogP contribution is 2.45. The number of aliphatic hydroxyl groups excluding tert-OH is 1. The number of rotatable bonds is 4. The summed E-state index contributed by atoms with van der Waals surface area (Å²) < 4.78 is 6.16. The second kappa shape index (κ2) is 7.76. The highest BCUT2D eigenvalue weighted by Gasteiger charge is 2.42. The summed E-state index contributed by atoms with van der Waals surface area (Å²) in [6, 6.07) is 22.5. The Kier molecular flexibility index (Phi) is 5.16. The summed E-state index contributed by atoms with van der Waals surface area (Å²) in [5.41, 5.74) is 4.10. The van der Waals surface area contributed by atoms with E-state index < -0.39 is 11.9 Å². The molecule has 0 aromatic heterocycles. The van der Waals surface area contributed by atoms with Gasteiger partial charge >= 0.3 is 0 Å². The fraction of sp³-hybridized carbons (Fsp3) is 0.125.